The molecule has 0 aliphatic heterocycles. The fraction of sp³-hybridized carbons (Fsp3) is 0.0123. The van der Waals surface area contributed by atoms with Gasteiger partial charge in [0.2, 0.25) is 0 Å². The van der Waals surface area contributed by atoms with E-state index in [0.29, 0.717) is 0 Å². The molecule has 0 amide bonds. The van der Waals surface area contributed by atoms with E-state index in [9.17, 15) is 0 Å². The topological polar surface area (TPSA) is 6.48 Å². The summed E-state index contributed by atoms with van der Waals surface area (Å²) in [4.78, 5) is 4.86. The summed E-state index contributed by atoms with van der Waals surface area (Å²) in [6.07, 6.45) is 15.9. The number of fused-ring (bicyclic) bond motifs is 4. The lowest BCUT2D eigenvalue weighted by Gasteiger charge is -2.35. The summed E-state index contributed by atoms with van der Waals surface area (Å²) < 4.78 is 2.45. The van der Waals surface area contributed by atoms with Crippen molar-refractivity contribution in [2.24, 2.45) is 0 Å². The molecule has 1 aromatic heterocycles. The molecule has 12 aromatic carbocycles. The maximum atomic E-state index is 4.39. The minimum Gasteiger partial charge on any atom is -0.311 e. The number of anilines is 5. The second kappa shape index (κ2) is 23.8. The van der Waals surface area contributed by atoms with Crippen molar-refractivity contribution in [3.05, 3.63) is 370 Å². The maximum Gasteiger partial charge on any atom is 0.179 e. The van der Waals surface area contributed by atoms with E-state index in [0.717, 1.165) is 46.1 Å². The number of allylic oxidation sites excluding steroid dienone is 8. The van der Waals surface area contributed by atoms with Gasteiger partial charge in [0.1, 0.15) is 0 Å². The van der Waals surface area contributed by atoms with Crippen LogP contribution in [-0.2, 0) is 0 Å². The molecule has 0 bridgehead atoms. The summed E-state index contributed by atoms with van der Waals surface area (Å²) in [6, 6.07) is 116. The fourth-order valence-corrected chi connectivity index (χ4v) is 23.8. The number of thiophene rings is 1. The highest BCUT2D eigenvalue weighted by atomic mass is 32.1. The van der Waals surface area contributed by atoms with Gasteiger partial charge in [-0.25, -0.2) is 0 Å². The molecular weight excluding hydrogens is 1090 g/mol. The molecule has 0 spiro atoms. The fourth-order valence-electron chi connectivity index (χ4n) is 13.1. The van der Waals surface area contributed by atoms with Crippen LogP contribution >= 0.6 is 11.3 Å². The number of benzene rings is 12. The zero-order valence-corrected chi connectivity index (χ0v) is 50.5. The quantitative estimate of drug-likeness (QED) is 0.0791. The Kier molecular flexibility index (Phi) is 14.9. The number of hydrogen-bond acceptors (Lipinski definition) is 3. The third-order valence-corrected chi connectivity index (χ3v) is 27.8. The van der Waals surface area contributed by atoms with Gasteiger partial charge in [0.05, 0.1) is 0 Å². The summed E-state index contributed by atoms with van der Waals surface area (Å²) in [5.41, 5.74) is 7.50. The van der Waals surface area contributed by atoms with E-state index in [1.54, 1.807) is 0 Å². The normalized spacial score (nSPS) is 14.5. The van der Waals surface area contributed by atoms with Crippen LogP contribution in [0.1, 0.15) is 6.42 Å². The Labute approximate surface area is 510 Å². The van der Waals surface area contributed by atoms with Crippen molar-refractivity contribution in [1.82, 2.24) is 0 Å². The first kappa shape index (κ1) is 53.8. The van der Waals surface area contributed by atoms with Gasteiger partial charge in [0.25, 0.3) is 0 Å². The lowest BCUT2D eigenvalue weighted by Crippen LogP contribution is -2.74. The van der Waals surface area contributed by atoms with Crippen molar-refractivity contribution in [1.29, 1.82) is 0 Å². The third kappa shape index (κ3) is 10.0. The van der Waals surface area contributed by atoms with Crippen LogP contribution in [0.4, 0.5) is 28.4 Å². The Bertz CT molecular complexity index is 4460. The van der Waals surface area contributed by atoms with Crippen LogP contribution in [0.3, 0.4) is 0 Å². The van der Waals surface area contributed by atoms with Crippen LogP contribution in [0.5, 0.6) is 0 Å². The molecule has 0 saturated heterocycles. The number of nitrogens with zero attached hydrogens (tertiary/aromatic N) is 2. The predicted octanol–water partition coefficient (Wildman–Crippen LogP) is 16.1. The van der Waals surface area contributed by atoms with E-state index in [1.807, 2.05) is 11.3 Å². The largest absolute Gasteiger partial charge is 0.311 e. The maximum absolute atomic E-state index is 4.39. The van der Waals surface area contributed by atoms with Gasteiger partial charge in [-0.2, -0.15) is 0 Å². The molecule has 0 N–H and O–H groups in total. The van der Waals surface area contributed by atoms with Crippen LogP contribution in [0.15, 0.2) is 370 Å². The smallest absolute Gasteiger partial charge is 0.179 e. The zero-order valence-electron chi connectivity index (χ0n) is 47.7. The van der Waals surface area contributed by atoms with E-state index in [1.165, 1.54) is 72.4 Å². The lowest BCUT2D eigenvalue weighted by atomic mass is 10.1. The van der Waals surface area contributed by atoms with Crippen LogP contribution < -0.4 is 51.3 Å². The molecule has 1 aliphatic carbocycles. The molecule has 13 aromatic rings. The van der Waals surface area contributed by atoms with E-state index >= 15 is 0 Å². The lowest BCUT2D eigenvalue weighted by molar-refractivity contribution is 1.18. The van der Waals surface area contributed by atoms with Crippen molar-refractivity contribution in [3.8, 4) is 0 Å². The summed E-state index contributed by atoms with van der Waals surface area (Å²) in [7, 11) is -5.51. The van der Waals surface area contributed by atoms with E-state index in [4.69, 9.17) is 0 Å². The van der Waals surface area contributed by atoms with E-state index in [-0.39, 0.29) is 0 Å². The molecule has 86 heavy (non-hydrogen) atoms. The van der Waals surface area contributed by atoms with Gasteiger partial charge in [-0.05, 0) is 131 Å². The van der Waals surface area contributed by atoms with Gasteiger partial charge in [0, 0.05) is 54.3 Å². The predicted molar refractivity (Wildman–Crippen MR) is 377 cm³/mol. The first-order chi connectivity index (χ1) is 42.6. The van der Waals surface area contributed by atoms with Gasteiger partial charge in [0.15, 0.2) is 16.1 Å². The van der Waals surface area contributed by atoms with Gasteiger partial charge in [-0.15, -0.1) is 11.3 Å². The second-order valence-electron chi connectivity index (χ2n) is 22.0. The highest BCUT2D eigenvalue weighted by Gasteiger charge is 2.43. The van der Waals surface area contributed by atoms with Gasteiger partial charge in [-0.1, -0.05) is 292 Å². The minimum absolute atomic E-state index is 0.775. The van der Waals surface area contributed by atoms with Crippen molar-refractivity contribution < 1.29 is 0 Å². The average Bonchev–Trinajstić information content (AvgIpc) is 1.51. The highest BCUT2D eigenvalue weighted by molar-refractivity contribution is 7.26. The Hall–Kier alpha value is -10.1. The first-order valence-corrected chi connectivity index (χ1v) is 34.4. The highest BCUT2D eigenvalue weighted by Crippen LogP contribution is 2.43. The molecule has 410 valence electrons. The van der Waals surface area contributed by atoms with Gasteiger partial charge < -0.3 is 9.80 Å². The van der Waals surface area contributed by atoms with Crippen LogP contribution in [-0.4, -0.2) is 16.1 Å². The molecule has 0 unspecified atom stereocenters. The molecule has 14 rings (SSSR count). The van der Waals surface area contributed by atoms with E-state index < -0.39 is 16.1 Å². The van der Waals surface area contributed by atoms with E-state index in [2.05, 4.69) is 368 Å². The van der Waals surface area contributed by atoms with Crippen molar-refractivity contribution in [2.45, 2.75) is 6.42 Å². The summed E-state index contributed by atoms with van der Waals surface area (Å²) in [5, 5.41) is 15.7. The SMILES string of the molecule is C=C1/C=C\C=C/C/C=C(N(c2ccc([Si](c3ccccc3)(c3ccccc3)c3ccccc3)cc2)c2ccc3c(c2)sc2cc(N(c4ccc([Si](c5ccccc5)(c5ccccc5)c5ccccc5)cc4)c4ccc5ccccc5c4)ccc23)\C=C/1. The molecule has 0 radical (unpaired) electrons. The van der Waals surface area contributed by atoms with Gasteiger partial charge >= 0.3 is 0 Å². The van der Waals surface area contributed by atoms with Crippen LogP contribution in [0.25, 0.3) is 30.9 Å². The molecule has 2 nitrogen and oxygen atoms in total. The third-order valence-electron chi connectivity index (χ3n) is 17.1. The number of hydrogen-bond donors (Lipinski definition) is 0. The summed E-state index contributed by atoms with van der Waals surface area (Å²) in [6.45, 7) is 4.39. The van der Waals surface area contributed by atoms with Crippen molar-refractivity contribution in [3.63, 3.8) is 0 Å². The molecular formula is C81H62N2SSi2. The second-order valence-corrected chi connectivity index (χ2v) is 30.7. The molecule has 5 heteroatoms. The van der Waals surface area contributed by atoms with Crippen molar-refractivity contribution >= 4 is 128 Å². The average molecular weight is 1150 g/mol. The molecule has 0 fully saturated rings. The standard InChI is InChI=1S/C81H62N2SSi2/c1-61-26-10-2-3-11-29-64(44-42-61)82(65-46-52-76(53-47-65)85(70-30-12-4-13-31-70,71-32-14-5-15-33-71)72-34-16-6-17-35-72)68-50-56-78-79-57-51-69(60-81(79)84-80(78)59-68)83(67-45-43-62-27-24-25-28-63(62)58-67)66-48-54-77(55-49-66)86(73-36-18-7-19-37-73,74-38-20-8-21-39-74)75-40-22-9-23-41-75/h2-10,12-60H,1,11H2/b3-2-,26-10-,44-42-,64-29+. The Morgan fingerprint density at radius 3 is 1.12 bits per heavy atom. The van der Waals surface area contributed by atoms with Crippen molar-refractivity contribution in [2.75, 3.05) is 9.80 Å². The Morgan fingerprint density at radius 2 is 0.663 bits per heavy atom. The Balaban J connectivity index is 0.894. The van der Waals surface area contributed by atoms with Gasteiger partial charge in [-0.3, -0.25) is 0 Å². The minimum atomic E-state index is -2.76. The number of rotatable bonds is 14. The summed E-state index contributed by atoms with van der Waals surface area (Å²) >= 11 is 1.86. The molecule has 0 atom stereocenters. The monoisotopic (exact) mass is 1150 g/mol. The van der Waals surface area contributed by atoms with Crippen LogP contribution in [0, 0.1) is 0 Å². The van der Waals surface area contributed by atoms with Crippen LogP contribution in [0.2, 0.25) is 0 Å². The zero-order chi connectivity index (χ0) is 57.7. The first-order valence-electron chi connectivity index (χ1n) is 29.6. The molecule has 1 heterocycles. The molecule has 0 saturated carbocycles. The summed E-state index contributed by atoms with van der Waals surface area (Å²) in [5.74, 6) is 0. The molecule has 1 aliphatic rings. The Morgan fingerprint density at radius 1 is 0.302 bits per heavy atom.